The van der Waals surface area contributed by atoms with Gasteiger partial charge in [0.1, 0.15) is 6.61 Å². The molecule has 248 valence electrons. The Hall–Kier alpha value is -2.41. The number of nitrogens with zero attached hydrogens (tertiary/aromatic N) is 2. The molecular weight excluding hydrogens is 572 g/mol. The quantitative estimate of drug-likeness (QED) is 0.385. The third kappa shape index (κ3) is 4.79. The highest BCUT2D eigenvalue weighted by atomic mass is 16.6. The minimum absolute atomic E-state index is 0.0721. The second-order valence-corrected chi connectivity index (χ2v) is 16.5. The summed E-state index contributed by atoms with van der Waals surface area (Å²) in [7, 11) is 0. The molecule has 5 aliphatic carbocycles. The Morgan fingerprint density at radius 3 is 2.22 bits per heavy atom. The van der Waals surface area contributed by atoms with Crippen molar-refractivity contribution in [1.29, 1.82) is 0 Å². The summed E-state index contributed by atoms with van der Waals surface area (Å²) in [6.07, 6.45) is 8.76. The number of aliphatic hydroxyl groups excluding tert-OH is 2. The van der Waals surface area contributed by atoms with Crippen LogP contribution in [0.1, 0.15) is 89.2 Å². The molecule has 5 unspecified atom stereocenters. The van der Waals surface area contributed by atoms with Crippen molar-refractivity contribution in [2.24, 2.45) is 40.4 Å². The van der Waals surface area contributed by atoms with Crippen LogP contribution in [0.5, 0.6) is 0 Å². The number of carbonyl (C=O) groups is 1. The Labute approximate surface area is 275 Å². The Bertz CT molecular complexity index is 1410. The van der Waals surface area contributed by atoms with Crippen molar-refractivity contribution in [1.82, 2.24) is 9.80 Å². The fourth-order valence-electron chi connectivity index (χ4n) is 12.4. The van der Waals surface area contributed by atoms with Crippen molar-refractivity contribution in [3.05, 3.63) is 59.7 Å². The number of fused-ring (bicyclic) bond motifs is 8. The molecule has 1 amide bonds. The van der Waals surface area contributed by atoms with Gasteiger partial charge in [0.25, 0.3) is 0 Å². The first-order valence-electron chi connectivity index (χ1n) is 18.4. The molecule has 2 aromatic rings. The molecule has 1 saturated heterocycles. The number of benzene rings is 2. The molecule has 6 nitrogen and oxygen atoms in total. The molecule has 46 heavy (non-hydrogen) atoms. The van der Waals surface area contributed by atoms with Gasteiger partial charge in [0.15, 0.2) is 0 Å². The van der Waals surface area contributed by atoms with E-state index in [0.717, 1.165) is 37.8 Å². The predicted molar refractivity (Wildman–Crippen MR) is 180 cm³/mol. The van der Waals surface area contributed by atoms with E-state index in [4.69, 9.17) is 4.74 Å². The van der Waals surface area contributed by atoms with Gasteiger partial charge in [-0.05, 0) is 121 Å². The van der Waals surface area contributed by atoms with Gasteiger partial charge in [0, 0.05) is 38.1 Å². The lowest BCUT2D eigenvalue weighted by molar-refractivity contribution is -0.154. The minimum Gasteiger partial charge on any atom is -0.448 e. The molecule has 8 rings (SSSR count). The molecule has 0 bridgehead atoms. The van der Waals surface area contributed by atoms with E-state index in [-0.39, 0.29) is 41.1 Å². The van der Waals surface area contributed by atoms with Gasteiger partial charge in [-0.25, -0.2) is 4.79 Å². The summed E-state index contributed by atoms with van der Waals surface area (Å²) in [5.74, 6) is 3.31. The normalized spacial score (nSPS) is 39.5. The third-order valence-electron chi connectivity index (χ3n) is 14.7. The van der Waals surface area contributed by atoms with Crippen molar-refractivity contribution in [3.63, 3.8) is 0 Å². The first kappa shape index (κ1) is 30.9. The zero-order valence-corrected chi connectivity index (χ0v) is 28.1. The number of hydrogen-bond donors (Lipinski definition) is 2. The molecule has 6 aliphatic rings. The van der Waals surface area contributed by atoms with Gasteiger partial charge in [-0.1, -0.05) is 62.4 Å². The highest BCUT2D eigenvalue weighted by Crippen LogP contribution is 2.68. The first-order valence-corrected chi connectivity index (χ1v) is 18.4. The summed E-state index contributed by atoms with van der Waals surface area (Å²) in [5, 5.41) is 22.2. The molecule has 10 atom stereocenters. The van der Waals surface area contributed by atoms with Crippen LogP contribution in [0.3, 0.4) is 0 Å². The number of carbonyl (C=O) groups excluding carboxylic acids is 1. The second-order valence-electron chi connectivity index (χ2n) is 16.5. The zero-order chi connectivity index (χ0) is 31.8. The van der Waals surface area contributed by atoms with Crippen molar-refractivity contribution < 1.29 is 19.7 Å². The lowest BCUT2D eigenvalue weighted by atomic mass is 9.44. The van der Waals surface area contributed by atoms with Gasteiger partial charge in [0.05, 0.1) is 12.2 Å². The van der Waals surface area contributed by atoms with Crippen LogP contribution < -0.4 is 0 Å². The minimum atomic E-state index is -0.296. The van der Waals surface area contributed by atoms with E-state index < -0.39 is 0 Å². The van der Waals surface area contributed by atoms with Gasteiger partial charge in [-0.3, -0.25) is 4.90 Å². The van der Waals surface area contributed by atoms with E-state index in [9.17, 15) is 15.0 Å². The number of amides is 1. The maximum absolute atomic E-state index is 13.3. The molecule has 2 N–H and O–H groups in total. The first-order chi connectivity index (χ1) is 22.2. The number of aliphatic hydroxyl groups is 2. The molecular formula is C40H54N2O4. The van der Waals surface area contributed by atoms with Crippen molar-refractivity contribution in [2.75, 3.05) is 32.8 Å². The summed E-state index contributed by atoms with van der Waals surface area (Å²) in [5.41, 5.74) is 5.50. The Morgan fingerprint density at radius 1 is 0.891 bits per heavy atom. The topological polar surface area (TPSA) is 73.2 Å². The maximum Gasteiger partial charge on any atom is 0.409 e. The van der Waals surface area contributed by atoms with Crippen LogP contribution in [0.4, 0.5) is 4.79 Å². The summed E-state index contributed by atoms with van der Waals surface area (Å²) >= 11 is 0. The highest BCUT2D eigenvalue weighted by Gasteiger charge is 2.62. The van der Waals surface area contributed by atoms with E-state index in [1.165, 1.54) is 60.8 Å². The fraction of sp³-hybridized carbons (Fsp3) is 0.675. The Kier molecular flexibility index (Phi) is 7.81. The van der Waals surface area contributed by atoms with Crippen molar-refractivity contribution in [3.8, 4) is 11.1 Å². The summed E-state index contributed by atoms with van der Waals surface area (Å²) < 4.78 is 6.00. The molecule has 5 fully saturated rings. The van der Waals surface area contributed by atoms with Gasteiger partial charge in [-0.15, -0.1) is 0 Å². The lowest BCUT2D eigenvalue weighted by Crippen LogP contribution is -2.62. The summed E-state index contributed by atoms with van der Waals surface area (Å²) in [4.78, 5) is 17.7. The molecule has 0 spiro atoms. The van der Waals surface area contributed by atoms with E-state index in [1.54, 1.807) is 0 Å². The molecule has 0 radical (unpaired) electrons. The number of ether oxygens (including phenoxy) is 1. The summed E-state index contributed by atoms with van der Waals surface area (Å²) in [6.45, 7) is 10.3. The smallest absolute Gasteiger partial charge is 0.409 e. The molecule has 6 heteroatoms. The van der Waals surface area contributed by atoms with Crippen LogP contribution in [0.15, 0.2) is 48.5 Å². The molecule has 0 aromatic heterocycles. The van der Waals surface area contributed by atoms with E-state index in [0.29, 0.717) is 37.5 Å². The standard InChI is InChI=1S/C40H54N2O4/c1-25(43)33-14-15-34-31-13-12-26-22-37(44)36(23-40(26,3)35(31)16-17-39(33,34)2)41-18-20-42(21-19-41)38(45)46-24-32-29-10-6-4-8-27(29)28-9-5-7-11-30(28)32/h4-11,25-26,31-37,43-44H,12-24H2,1-3H3/t25?,26?,31?,33-,34?,35?,36+,37+,39-,40+/m1/s1. The molecule has 1 heterocycles. The fourth-order valence-corrected chi connectivity index (χ4v) is 12.4. The van der Waals surface area contributed by atoms with Crippen molar-refractivity contribution >= 4 is 6.09 Å². The number of rotatable bonds is 4. The largest absolute Gasteiger partial charge is 0.448 e. The predicted octanol–water partition coefficient (Wildman–Crippen LogP) is 6.93. The van der Waals surface area contributed by atoms with Crippen LogP contribution in [-0.4, -0.2) is 77.1 Å². The van der Waals surface area contributed by atoms with Gasteiger partial charge >= 0.3 is 6.09 Å². The van der Waals surface area contributed by atoms with Crippen LogP contribution in [0, 0.1) is 40.4 Å². The summed E-state index contributed by atoms with van der Waals surface area (Å²) in [6, 6.07) is 17.1. The highest BCUT2D eigenvalue weighted by molar-refractivity contribution is 5.79. The number of hydrogen-bond acceptors (Lipinski definition) is 5. The Morgan fingerprint density at radius 2 is 1.54 bits per heavy atom. The van der Waals surface area contributed by atoms with Crippen LogP contribution in [0.25, 0.3) is 11.1 Å². The number of piperazine rings is 1. The van der Waals surface area contributed by atoms with Gasteiger partial charge in [0.2, 0.25) is 0 Å². The maximum atomic E-state index is 13.3. The lowest BCUT2D eigenvalue weighted by Gasteiger charge is -2.63. The van der Waals surface area contributed by atoms with Crippen molar-refractivity contribution in [2.45, 2.75) is 96.3 Å². The third-order valence-corrected chi connectivity index (χ3v) is 14.7. The average Bonchev–Trinajstić information content (AvgIpc) is 3.59. The van der Waals surface area contributed by atoms with Crippen LogP contribution in [-0.2, 0) is 4.74 Å². The van der Waals surface area contributed by atoms with Gasteiger partial charge < -0.3 is 19.8 Å². The van der Waals surface area contributed by atoms with E-state index in [1.807, 2.05) is 11.8 Å². The molecule has 4 saturated carbocycles. The molecule has 1 aliphatic heterocycles. The second kappa shape index (κ2) is 11.6. The Balaban J connectivity index is 0.903. The SMILES string of the molecule is CC(O)[C@H]1CCC2C3CCC4C[C@H](O)[C@@H](N5CCN(C(=O)OCC6c7ccccc7-c7ccccc76)CC5)C[C@]4(C)C3CC[C@@]21C. The average molecular weight is 627 g/mol. The van der Waals surface area contributed by atoms with E-state index in [2.05, 4.69) is 67.3 Å². The molecule has 2 aromatic carbocycles. The van der Waals surface area contributed by atoms with E-state index >= 15 is 0 Å². The van der Waals surface area contributed by atoms with Gasteiger partial charge in [-0.2, -0.15) is 0 Å². The zero-order valence-electron chi connectivity index (χ0n) is 28.1. The van der Waals surface area contributed by atoms with Crippen LogP contribution >= 0.6 is 0 Å². The van der Waals surface area contributed by atoms with Crippen LogP contribution in [0.2, 0.25) is 0 Å². The monoisotopic (exact) mass is 626 g/mol.